The maximum absolute atomic E-state index is 14.0. The van der Waals surface area contributed by atoms with E-state index >= 15 is 0 Å². The van der Waals surface area contributed by atoms with Crippen molar-refractivity contribution < 1.29 is 9.53 Å². The largest absolute Gasteiger partial charge is 0.376 e. The summed E-state index contributed by atoms with van der Waals surface area (Å²) < 4.78 is 5.73. The highest BCUT2D eigenvalue weighted by molar-refractivity contribution is 6.09. The number of urea groups is 1. The number of carbonyl (C=O) groups excluding carboxylic acids is 1. The van der Waals surface area contributed by atoms with Crippen molar-refractivity contribution in [1.29, 1.82) is 0 Å². The van der Waals surface area contributed by atoms with Crippen LogP contribution in [0.15, 0.2) is 72.8 Å². The molecule has 0 radical (unpaired) electrons. The first kappa shape index (κ1) is 19.3. The molecule has 0 aromatic heterocycles. The van der Waals surface area contributed by atoms with Crippen molar-refractivity contribution in [3.8, 4) is 0 Å². The smallest absolute Gasteiger partial charge is 0.330 e. The lowest BCUT2D eigenvalue weighted by molar-refractivity contribution is -0.0580. The fraction of sp³-hybridized carbons (Fsp3) is 0.231. The summed E-state index contributed by atoms with van der Waals surface area (Å²) >= 11 is 0. The third kappa shape index (κ3) is 2.99. The summed E-state index contributed by atoms with van der Waals surface area (Å²) in [6.45, 7) is 12.3. The molecule has 0 N–H and O–H groups in total. The Morgan fingerprint density at radius 3 is 2.19 bits per heavy atom. The summed E-state index contributed by atoms with van der Waals surface area (Å²) in [6, 6.07) is 23.4. The van der Waals surface area contributed by atoms with Crippen LogP contribution >= 0.6 is 0 Å². The van der Waals surface area contributed by atoms with E-state index < -0.39 is 5.54 Å². The predicted octanol–water partition coefficient (Wildman–Crippen LogP) is 5.81. The van der Waals surface area contributed by atoms with E-state index in [1.165, 1.54) is 0 Å². The number of nitrogens with zero attached hydrogens (tertiary/aromatic N) is 3. The van der Waals surface area contributed by atoms with Gasteiger partial charge < -0.3 is 4.74 Å². The van der Waals surface area contributed by atoms with Crippen molar-refractivity contribution >= 4 is 23.1 Å². The molecule has 2 saturated heterocycles. The molecule has 2 amide bonds. The Hall–Kier alpha value is -3.62. The standard InChI is InChI=1S/C26H23N3O2/c1-18-7-11-23(12-8-18)29-25(30)28(22-13-9-21(27-3)10-14-22)24(26(29)16-31-17-26)20-6-4-5-19(2)15-20/h4-15,24H,16-17H2,1-2H3/t24-/m0/s1. The predicted molar refractivity (Wildman–Crippen MR) is 122 cm³/mol. The van der Waals surface area contributed by atoms with Gasteiger partial charge in [-0.05, 0) is 43.7 Å². The van der Waals surface area contributed by atoms with E-state index in [1.807, 2.05) is 59.2 Å². The quantitative estimate of drug-likeness (QED) is 0.512. The Labute approximate surface area is 182 Å². The second kappa shape index (κ2) is 7.26. The molecule has 0 bridgehead atoms. The molecule has 3 aromatic carbocycles. The molecule has 154 valence electrons. The van der Waals surface area contributed by atoms with Crippen molar-refractivity contribution in [2.24, 2.45) is 0 Å². The van der Waals surface area contributed by atoms with Gasteiger partial charge in [0.05, 0.1) is 25.8 Å². The number of ether oxygens (including phenoxy) is 1. The van der Waals surface area contributed by atoms with E-state index in [0.717, 1.165) is 28.1 Å². The van der Waals surface area contributed by atoms with Gasteiger partial charge in [0.25, 0.3) is 0 Å². The monoisotopic (exact) mass is 409 g/mol. The Kier molecular flexibility index (Phi) is 4.53. The van der Waals surface area contributed by atoms with Gasteiger partial charge in [0, 0.05) is 11.4 Å². The molecule has 5 rings (SSSR count). The highest BCUT2D eigenvalue weighted by atomic mass is 16.5. The molecule has 0 unspecified atom stereocenters. The summed E-state index contributed by atoms with van der Waals surface area (Å²) in [5, 5.41) is 0. The number of carbonyl (C=O) groups is 1. The number of anilines is 2. The minimum atomic E-state index is -0.487. The van der Waals surface area contributed by atoms with Gasteiger partial charge in [-0.3, -0.25) is 9.80 Å². The molecule has 1 spiro atoms. The zero-order chi connectivity index (χ0) is 21.6. The van der Waals surface area contributed by atoms with E-state index in [4.69, 9.17) is 11.3 Å². The van der Waals surface area contributed by atoms with Crippen LogP contribution in [0.4, 0.5) is 21.9 Å². The molecule has 5 nitrogen and oxygen atoms in total. The molecular formula is C26H23N3O2. The van der Waals surface area contributed by atoms with Gasteiger partial charge in [-0.1, -0.05) is 59.7 Å². The normalized spacial score (nSPS) is 19.4. The van der Waals surface area contributed by atoms with E-state index in [2.05, 4.69) is 30.0 Å². The van der Waals surface area contributed by atoms with Crippen molar-refractivity contribution in [2.75, 3.05) is 23.0 Å². The number of benzene rings is 3. The molecule has 1 atom stereocenters. The number of aryl methyl sites for hydroxylation is 2. The lowest BCUT2D eigenvalue weighted by atomic mass is 9.82. The molecule has 5 heteroatoms. The molecule has 3 aromatic rings. The molecule has 0 aliphatic carbocycles. The zero-order valence-corrected chi connectivity index (χ0v) is 17.6. The molecule has 0 saturated carbocycles. The van der Waals surface area contributed by atoms with Crippen molar-refractivity contribution in [3.63, 3.8) is 0 Å². The van der Waals surface area contributed by atoms with Gasteiger partial charge >= 0.3 is 6.03 Å². The van der Waals surface area contributed by atoms with E-state index in [1.54, 1.807) is 12.1 Å². The van der Waals surface area contributed by atoms with Crippen LogP contribution in [0.5, 0.6) is 0 Å². The average molecular weight is 409 g/mol. The summed E-state index contributed by atoms with van der Waals surface area (Å²) in [4.78, 5) is 21.2. The second-order valence-corrected chi connectivity index (χ2v) is 8.36. The van der Waals surface area contributed by atoms with E-state index in [9.17, 15) is 4.79 Å². The van der Waals surface area contributed by atoms with Gasteiger partial charge in [0.1, 0.15) is 5.54 Å². The van der Waals surface area contributed by atoms with Crippen LogP contribution in [0.1, 0.15) is 22.7 Å². The number of rotatable bonds is 3. The zero-order valence-electron chi connectivity index (χ0n) is 17.6. The Balaban J connectivity index is 1.69. The lowest BCUT2D eigenvalue weighted by Crippen LogP contribution is -2.62. The average Bonchev–Trinajstić information content (AvgIpc) is 3.04. The number of amides is 2. The third-order valence-corrected chi connectivity index (χ3v) is 6.22. The van der Waals surface area contributed by atoms with Crippen LogP contribution in [0, 0.1) is 20.4 Å². The summed E-state index contributed by atoms with van der Waals surface area (Å²) in [6.07, 6.45) is 0. The highest BCUT2D eigenvalue weighted by Crippen LogP contribution is 2.51. The summed E-state index contributed by atoms with van der Waals surface area (Å²) in [5.74, 6) is 0. The maximum Gasteiger partial charge on any atom is 0.330 e. The van der Waals surface area contributed by atoms with E-state index in [-0.39, 0.29) is 12.1 Å². The topological polar surface area (TPSA) is 37.1 Å². The van der Waals surface area contributed by atoms with Crippen LogP contribution in [-0.4, -0.2) is 24.8 Å². The first-order valence-electron chi connectivity index (χ1n) is 10.4. The van der Waals surface area contributed by atoms with Gasteiger partial charge in [-0.2, -0.15) is 0 Å². The van der Waals surface area contributed by atoms with Gasteiger partial charge in [0.2, 0.25) is 0 Å². The third-order valence-electron chi connectivity index (χ3n) is 6.22. The fourth-order valence-electron chi connectivity index (χ4n) is 4.68. The first-order chi connectivity index (χ1) is 15.0. The summed E-state index contributed by atoms with van der Waals surface area (Å²) in [7, 11) is 0. The Morgan fingerprint density at radius 1 is 0.935 bits per heavy atom. The number of hydrogen-bond acceptors (Lipinski definition) is 2. The van der Waals surface area contributed by atoms with Crippen LogP contribution in [-0.2, 0) is 4.74 Å². The SMILES string of the molecule is [C-]#[N+]c1ccc(N2C(=O)N(c3ccc(C)cc3)C3(COC3)[C@@H]2c2cccc(C)c2)cc1. The Bertz CT molecular complexity index is 1170. The summed E-state index contributed by atoms with van der Waals surface area (Å²) in [5.41, 5.74) is 5.11. The maximum atomic E-state index is 14.0. The van der Waals surface area contributed by atoms with Crippen molar-refractivity contribution in [2.45, 2.75) is 25.4 Å². The van der Waals surface area contributed by atoms with Crippen LogP contribution in [0.3, 0.4) is 0 Å². The fourth-order valence-corrected chi connectivity index (χ4v) is 4.68. The molecular weight excluding hydrogens is 386 g/mol. The minimum Gasteiger partial charge on any atom is -0.376 e. The van der Waals surface area contributed by atoms with Gasteiger partial charge in [-0.25, -0.2) is 9.64 Å². The molecule has 2 aliphatic rings. The van der Waals surface area contributed by atoms with Crippen LogP contribution < -0.4 is 9.80 Å². The Morgan fingerprint density at radius 2 is 1.61 bits per heavy atom. The lowest BCUT2D eigenvalue weighted by Gasteiger charge is -2.47. The second-order valence-electron chi connectivity index (χ2n) is 8.36. The highest BCUT2D eigenvalue weighted by Gasteiger charge is 2.62. The van der Waals surface area contributed by atoms with Crippen LogP contribution in [0.2, 0.25) is 0 Å². The molecule has 2 fully saturated rings. The number of hydrogen-bond donors (Lipinski definition) is 0. The van der Waals surface area contributed by atoms with E-state index in [0.29, 0.717) is 18.9 Å². The first-order valence-corrected chi connectivity index (χ1v) is 10.4. The molecule has 2 heterocycles. The van der Waals surface area contributed by atoms with Crippen LogP contribution in [0.25, 0.3) is 4.85 Å². The van der Waals surface area contributed by atoms with Gasteiger partial charge in [0.15, 0.2) is 5.69 Å². The minimum absolute atomic E-state index is 0.0748. The molecule has 2 aliphatic heterocycles. The molecule has 31 heavy (non-hydrogen) atoms. The van der Waals surface area contributed by atoms with Crippen molar-refractivity contribution in [3.05, 3.63) is 101 Å². The van der Waals surface area contributed by atoms with Crippen molar-refractivity contribution in [1.82, 2.24) is 0 Å². The van der Waals surface area contributed by atoms with Gasteiger partial charge in [-0.15, -0.1) is 0 Å².